The minimum atomic E-state index is -1.33. The minimum Gasteiger partial charge on any atom is -0.498 e. The molecule has 2 amide bonds. The molecular weight excluding hydrogens is 430 g/mol. The van der Waals surface area contributed by atoms with Gasteiger partial charge in [0.15, 0.2) is 11.6 Å². The van der Waals surface area contributed by atoms with Crippen LogP contribution < -0.4 is 10.4 Å². The summed E-state index contributed by atoms with van der Waals surface area (Å²) >= 11 is 0. The molecule has 0 aliphatic carbocycles. The quantitative estimate of drug-likeness (QED) is 0.697. The van der Waals surface area contributed by atoms with E-state index in [4.69, 9.17) is 4.74 Å². The highest BCUT2D eigenvalue weighted by Crippen LogP contribution is 2.34. The molecule has 1 saturated heterocycles. The number of rotatable bonds is 4. The normalized spacial score (nSPS) is 23.4. The summed E-state index contributed by atoms with van der Waals surface area (Å²) in [4.78, 5) is 25.0. The molecule has 3 rings (SSSR count). The van der Waals surface area contributed by atoms with E-state index >= 15 is 0 Å². The van der Waals surface area contributed by atoms with Gasteiger partial charge in [-0.05, 0) is 45.2 Å². The lowest BCUT2D eigenvalue weighted by molar-refractivity contribution is -0.890. The first-order valence-corrected chi connectivity index (χ1v) is 11.0. The van der Waals surface area contributed by atoms with Crippen molar-refractivity contribution in [1.29, 1.82) is 0 Å². The Morgan fingerprint density at radius 3 is 2.39 bits per heavy atom. The van der Waals surface area contributed by atoms with E-state index < -0.39 is 45.9 Å². The average Bonchev–Trinajstić information content (AvgIpc) is 2.89. The lowest BCUT2D eigenvalue weighted by atomic mass is 9.92. The van der Waals surface area contributed by atoms with Crippen LogP contribution in [0.3, 0.4) is 0 Å². The number of benzene rings is 2. The van der Waals surface area contributed by atoms with Crippen molar-refractivity contribution < 1.29 is 32.7 Å². The molecule has 1 heterocycles. The number of alkyl carbamates (subject to hydrolysis) is 1. The molecule has 6 nitrogen and oxygen atoms in total. The third-order valence-electron chi connectivity index (χ3n) is 5.86. The highest BCUT2D eigenvalue weighted by molar-refractivity contribution is 5.68. The molecule has 3 atom stereocenters. The van der Waals surface area contributed by atoms with Crippen LogP contribution in [0.15, 0.2) is 48.5 Å². The van der Waals surface area contributed by atoms with Gasteiger partial charge in [0.2, 0.25) is 0 Å². The Kier molecular flexibility index (Phi) is 7.37. The SMILES string of the molecule is CC(C)(C)OC(=O)N[C@@H]1CC[C@@H](c2cccc(F)c2F)C[N+](Cc2ccccc2)(C(=O)[O-])C1. The fourth-order valence-electron chi connectivity index (χ4n) is 4.46. The molecule has 1 aliphatic heterocycles. The molecular formula is C25H30F2N2O4. The Hall–Kier alpha value is -3.00. The highest BCUT2D eigenvalue weighted by Gasteiger charge is 2.41. The number of amides is 2. The summed E-state index contributed by atoms with van der Waals surface area (Å²) in [5, 5.41) is 15.3. The molecule has 8 heteroatoms. The van der Waals surface area contributed by atoms with E-state index in [9.17, 15) is 23.5 Å². The Morgan fingerprint density at radius 2 is 1.76 bits per heavy atom. The zero-order valence-electron chi connectivity index (χ0n) is 19.1. The molecule has 0 spiro atoms. The van der Waals surface area contributed by atoms with Gasteiger partial charge in [-0.15, -0.1) is 0 Å². The Morgan fingerprint density at radius 1 is 1.06 bits per heavy atom. The molecule has 1 fully saturated rings. The summed E-state index contributed by atoms with van der Waals surface area (Å²) < 4.78 is 33.4. The number of hydrogen-bond acceptors (Lipinski definition) is 4. The van der Waals surface area contributed by atoms with Crippen molar-refractivity contribution in [3.8, 4) is 0 Å². The molecule has 0 saturated carbocycles. The number of likely N-dealkylation sites (tertiary alicyclic amines) is 1. The predicted octanol–water partition coefficient (Wildman–Crippen LogP) is 4.10. The van der Waals surface area contributed by atoms with Crippen molar-refractivity contribution in [2.24, 2.45) is 0 Å². The third kappa shape index (κ3) is 6.28. The standard InChI is InChI=1S/C25H30F2N2O4/c1-25(2,3)33-23(30)28-19-13-12-18(20-10-7-11-21(26)22(20)27)15-29(16-19,24(31)32)14-17-8-5-4-6-9-17/h4-11,18-19H,12-16H2,1-3H3,(H-,28,30,31,32)/t18-,19-,29?/m1/s1. The van der Waals surface area contributed by atoms with Gasteiger partial charge in [0.1, 0.15) is 18.7 Å². The maximum Gasteiger partial charge on any atom is 0.408 e. The molecule has 178 valence electrons. The molecule has 1 aliphatic rings. The van der Waals surface area contributed by atoms with Gasteiger partial charge in [0.05, 0.1) is 12.6 Å². The number of nitrogens with zero attached hydrogens (tertiary/aromatic N) is 1. The molecule has 2 aromatic carbocycles. The lowest BCUT2D eigenvalue weighted by Crippen LogP contribution is -2.63. The van der Waals surface area contributed by atoms with Crippen LogP contribution >= 0.6 is 0 Å². The van der Waals surface area contributed by atoms with Gasteiger partial charge in [-0.3, -0.25) is 4.48 Å². The monoisotopic (exact) mass is 460 g/mol. The number of carbonyl (C=O) groups is 2. The minimum absolute atomic E-state index is 0.00407. The summed E-state index contributed by atoms with van der Waals surface area (Å²) in [6, 6.07) is 12.4. The molecule has 2 aromatic rings. The molecule has 1 N–H and O–H groups in total. The number of nitrogens with one attached hydrogen (secondary N) is 1. The van der Waals surface area contributed by atoms with Crippen molar-refractivity contribution in [2.75, 3.05) is 13.1 Å². The van der Waals surface area contributed by atoms with Crippen LogP contribution in [0.5, 0.6) is 0 Å². The second kappa shape index (κ2) is 9.87. The second-order valence-corrected chi connectivity index (χ2v) is 9.68. The fourth-order valence-corrected chi connectivity index (χ4v) is 4.46. The first-order valence-electron chi connectivity index (χ1n) is 11.0. The van der Waals surface area contributed by atoms with Crippen LogP contribution in [0.1, 0.15) is 50.7 Å². The Bertz CT molecular complexity index is 994. The molecule has 0 radical (unpaired) electrons. The molecule has 0 aromatic heterocycles. The van der Waals surface area contributed by atoms with Gasteiger partial charge in [0.25, 0.3) is 6.09 Å². The van der Waals surface area contributed by atoms with Gasteiger partial charge in [0, 0.05) is 11.5 Å². The molecule has 0 bridgehead atoms. The van der Waals surface area contributed by atoms with Crippen LogP contribution in [0, 0.1) is 11.6 Å². The number of carboxylic acid groups (broad SMARTS) is 1. The Balaban J connectivity index is 1.97. The summed E-state index contributed by atoms with van der Waals surface area (Å²) in [6.45, 7) is 5.33. The predicted molar refractivity (Wildman–Crippen MR) is 117 cm³/mol. The van der Waals surface area contributed by atoms with Crippen LogP contribution in [0.4, 0.5) is 18.4 Å². The summed E-state index contributed by atoms with van der Waals surface area (Å²) in [5.74, 6) is -2.53. The number of ether oxygens (including phenoxy) is 1. The zero-order valence-corrected chi connectivity index (χ0v) is 19.1. The average molecular weight is 461 g/mol. The van der Waals surface area contributed by atoms with E-state index in [1.165, 1.54) is 12.1 Å². The van der Waals surface area contributed by atoms with Gasteiger partial charge in [-0.1, -0.05) is 42.5 Å². The summed E-state index contributed by atoms with van der Waals surface area (Å²) in [6.07, 6.45) is -1.25. The number of quaternary nitrogens is 1. The summed E-state index contributed by atoms with van der Waals surface area (Å²) in [5.41, 5.74) is 0.176. The van der Waals surface area contributed by atoms with Crippen molar-refractivity contribution in [2.45, 2.75) is 57.7 Å². The van der Waals surface area contributed by atoms with E-state index in [1.54, 1.807) is 32.9 Å². The van der Waals surface area contributed by atoms with E-state index in [2.05, 4.69) is 5.32 Å². The van der Waals surface area contributed by atoms with Gasteiger partial charge < -0.3 is 20.0 Å². The maximum atomic E-state index is 14.7. The maximum absolute atomic E-state index is 14.7. The number of halogens is 2. The van der Waals surface area contributed by atoms with E-state index in [0.29, 0.717) is 12.8 Å². The number of carbonyl (C=O) groups excluding carboxylic acids is 2. The lowest BCUT2D eigenvalue weighted by Gasteiger charge is -2.40. The van der Waals surface area contributed by atoms with Crippen LogP contribution in [-0.2, 0) is 11.3 Å². The van der Waals surface area contributed by atoms with Crippen LogP contribution in [0.2, 0.25) is 0 Å². The van der Waals surface area contributed by atoms with E-state index in [1.807, 2.05) is 18.2 Å². The topological polar surface area (TPSA) is 78.5 Å². The van der Waals surface area contributed by atoms with Crippen LogP contribution in [-0.4, -0.2) is 41.4 Å². The zero-order chi connectivity index (χ0) is 24.2. The van der Waals surface area contributed by atoms with Crippen LogP contribution in [0.25, 0.3) is 0 Å². The Labute approximate surface area is 192 Å². The molecule has 33 heavy (non-hydrogen) atoms. The van der Waals surface area contributed by atoms with Gasteiger partial charge in [-0.2, -0.15) is 0 Å². The van der Waals surface area contributed by atoms with Gasteiger partial charge in [-0.25, -0.2) is 13.6 Å². The first-order chi connectivity index (χ1) is 15.5. The van der Waals surface area contributed by atoms with E-state index in [-0.39, 0.29) is 25.2 Å². The largest absolute Gasteiger partial charge is 0.498 e. The smallest absolute Gasteiger partial charge is 0.408 e. The number of hydrogen-bond donors (Lipinski definition) is 1. The van der Waals surface area contributed by atoms with Crippen molar-refractivity contribution >= 4 is 12.2 Å². The van der Waals surface area contributed by atoms with Crippen molar-refractivity contribution in [1.82, 2.24) is 5.32 Å². The van der Waals surface area contributed by atoms with Gasteiger partial charge >= 0.3 is 6.09 Å². The third-order valence-corrected chi connectivity index (χ3v) is 5.86. The molecule has 1 unspecified atom stereocenters. The summed E-state index contributed by atoms with van der Waals surface area (Å²) in [7, 11) is 0. The van der Waals surface area contributed by atoms with E-state index in [0.717, 1.165) is 11.6 Å². The highest BCUT2D eigenvalue weighted by atomic mass is 19.2. The second-order valence-electron chi connectivity index (χ2n) is 9.68. The fraction of sp³-hybridized carbons (Fsp3) is 0.440. The van der Waals surface area contributed by atoms with Crippen molar-refractivity contribution in [3.05, 3.63) is 71.3 Å². The first kappa shape index (κ1) is 24.6. The van der Waals surface area contributed by atoms with Crippen molar-refractivity contribution in [3.63, 3.8) is 0 Å².